The van der Waals surface area contributed by atoms with Gasteiger partial charge in [-0.2, -0.15) is 5.10 Å². The molecule has 0 aliphatic carbocycles. The van der Waals surface area contributed by atoms with Gasteiger partial charge in [-0.15, -0.1) is 0 Å². The summed E-state index contributed by atoms with van der Waals surface area (Å²) < 4.78 is 0. The van der Waals surface area contributed by atoms with Crippen LogP contribution in [0.3, 0.4) is 0 Å². The van der Waals surface area contributed by atoms with Gasteiger partial charge in [-0.1, -0.05) is 30.3 Å². The molecule has 2 aromatic carbocycles. The molecule has 130 valence electrons. The van der Waals surface area contributed by atoms with Crippen LogP contribution in [0.5, 0.6) is 0 Å². The molecule has 0 spiro atoms. The van der Waals surface area contributed by atoms with Crippen LogP contribution in [-0.4, -0.2) is 27.2 Å². The van der Waals surface area contributed by atoms with Crippen LogP contribution in [0.25, 0.3) is 0 Å². The molecule has 0 bridgehead atoms. The van der Waals surface area contributed by atoms with E-state index in [4.69, 9.17) is 5.73 Å². The first-order chi connectivity index (χ1) is 12.5. The molecule has 4 N–H and O–H groups in total. The number of H-pyrrole nitrogens is 1. The van der Waals surface area contributed by atoms with Gasteiger partial charge < -0.3 is 11.1 Å². The summed E-state index contributed by atoms with van der Waals surface area (Å²) in [6.45, 7) is 0. The third kappa shape index (κ3) is 3.73. The maximum Gasteiger partial charge on any atom is 0.269 e. The van der Waals surface area contributed by atoms with E-state index in [1.165, 1.54) is 24.3 Å². The van der Waals surface area contributed by atoms with E-state index in [2.05, 4.69) is 20.5 Å². The lowest BCUT2D eigenvalue weighted by Crippen LogP contribution is -2.12. The smallest absolute Gasteiger partial charge is 0.269 e. The number of nitrogens with one attached hydrogen (secondary N) is 2. The van der Waals surface area contributed by atoms with E-state index in [1.807, 2.05) is 30.3 Å². The van der Waals surface area contributed by atoms with Gasteiger partial charge in [0.1, 0.15) is 5.56 Å². The summed E-state index contributed by atoms with van der Waals surface area (Å²) in [7, 11) is 0. The van der Waals surface area contributed by atoms with E-state index >= 15 is 0 Å². The third-order valence-corrected chi connectivity index (χ3v) is 3.48. The van der Waals surface area contributed by atoms with Crippen LogP contribution in [0, 0.1) is 10.1 Å². The lowest BCUT2D eigenvalue weighted by molar-refractivity contribution is -0.384. The predicted molar refractivity (Wildman–Crippen MR) is 97.2 cm³/mol. The second-order valence-electron chi connectivity index (χ2n) is 5.26. The number of nitrogens with two attached hydrogens (primary N) is 1. The van der Waals surface area contributed by atoms with Crippen molar-refractivity contribution in [3.8, 4) is 0 Å². The monoisotopic (exact) mass is 350 g/mol. The Hall–Kier alpha value is -4.01. The van der Waals surface area contributed by atoms with Crippen molar-refractivity contribution in [3.63, 3.8) is 0 Å². The summed E-state index contributed by atoms with van der Waals surface area (Å²) in [5, 5.41) is 20.3. The van der Waals surface area contributed by atoms with Gasteiger partial charge in [-0.25, -0.2) is 4.99 Å². The van der Waals surface area contributed by atoms with Gasteiger partial charge in [0.05, 0.1) is 4.92 Å². The van der Waals surface area contributed by atoms with E-state index in [1.54, 1.807) is 6.21 Å². The van der Waals surface area contributed by atoms with Crippen LogP contribution in [0.2, 0.25) is 0 Å². The Balaban J connectivity index is 1.86. The minimum atomic E-state index is -0.705. The number of aliphatic imine (C=N–C) groups is 1. The first kappa shape index (κ1) is 16.8. The van der Waals surface area contributed by atoms with E-state index in [9.17, 15) is 14.9 Å². The van der Waals surface area contributed by atoms with Crippen molar-refractivity contribution >= 4 is 35.1 Å². The number of carbonyl (C=O) groups excluding carboxylic acids is 1. The third-order valence-electron chi connectivity index (χ3n) is 3.48. The number of hydrogen-bond acceptors (Lipinski definition) is 6. The average molecular weight is 350 g/mol. The molecule has 0 aliphatic heterocycles. The fourth-order valence-electron chi connectivity index (χ4n) is 2.23. The van der Waals surface area contributed by atoms with E-state index in [-0.39, 0.29) is 22.9 Å². The molecular formula is C17H14N6O3. The number of nitro groups is 1. The molecule has 0 aliphatic rings. The highest BCUT2D eigenvalue weighted by molar-refractivity contribution is 6.03. The van der Waals surface area contributed by atoms with Crippen molar-refractivity contribution in [1.29, 1.82) is 0 Å². The molecule has 1 aromatic heterocycles. The molecule has 0 saturated heterocycles. The van der Waals surface area contributed by atoms with Gasteiger partial charge in [0.15, 0.2) is 11.6 Å². The lowest BCUT2D eigenvalue weighted by Gasteiger charge is -2.04. The summed E-state index contributed by atoms with van der Waals surface area (Å²) in [5.74, 6) is -0.305. The summed E-state index contributed by atoms with van der Waals surface area (Å²) in [5.41, 5.74) is 6.86. The molecule has 0 fully saturated rings. The van der Waals surface area contributed by atoms with Gasteiger partial charge in [-0.05, 0) is 17.7 Å². The second kappa shape index (κ2) is 7.26. The lowest BCUT2D eigenvalue weighted by atomic mass is 10.2. The molecule has 26 heavy (non-hydrogen) atoms. The Bertz CT molecular complexity index is 964. The zero-order valence-electron chi connectivity index (χ0n) is 13.4. The minimum Gasteiger partial charge on any atom is -0.365 e. The van der Waals surface area contributed by atoms with Crippen molar-refractivity contribution in [2.75, 3.05) is 5.32 Å². The van der Waals surface area contributed by atoms with Crippen molar-refractivity contribution in [2.45, 2.75) is 0 Å². The zero-order chi connectivity index (χ0) is 18.5. The standard InChI is InChI=1S/C17H14N6O3/c18-15(24)14-16(19-10-11-4-2-1-3-5-11)21-22-17(14)20-12-6-8-13(9-7-12)23(25)26/h1-10H,(H2,18,24)(H2,20,21,22)/b19-10+. The van der Waals surface area contributed by atoms with E-state index in [0.717, 1.165) is 5.56 Å². The van der Waals surface area contributed by atoms with Crippen LogP contribution in [-0.2, 0) is 0 Å². The van der Waals surface area contributed by atoms with Crippen LogP contribution in [0.15, 0.2) is 59.6 Å². The Kier molecular flexibility index (Phi) is 4.70. The highest BCUT2D eigenvalue weighted by Gasteiger charge is 2.18. The van der Waals surface area contributed by atoms with Crippen LogP contribution < -0.4 is 11.1 Å². The largest absolute Gasteiger partial charge is 0.365 e. The maximum atomic E-state index is 11.8. The highest BCUT2D eigenvalue weighted by Crippen LogP contribution is 2.27. The number of nitrogens with zero attached hydrogens (tertiary/aromatic N) is 3. The normalized spacial score (nSPS) is 10.8. The maximum absolute atomic E-state index is 11.8. The van der Waals surface area contributed by atoms with E-state index < -0.39 is 10.8 Å². The second-order valence-corrected chi connectivity index (χ2v) is 5.26. The highest BCUT2D eigenvalue weighted by atomic mass is 16.6. The fourth-order valence-corrected chi connectivity index (χ4v) is 2.23. The number of non-ortho nitro benzene ring substituents is 1. The van der Waals surface area contributed by atoms with Crippen molar-refractivity contribution in [2.24, 2.45) is 10.7 Å². The Labute approximate surface area is 147 Å². The van der Waals surface area contributed by atoms with Crippen LogP contribution >= 0.6 is 0 Å². The summed E-state index contributed by atoms with van der Waals surface area (Å²) in [4.78, 5) is 26.2. The molecule has 3 aromatic rings. The first-order valence-corrected chi connectivity index (χ1v) is 7.53. The number of carbonyl (C=O) groups is 1. The number of benzene rings is 2. The molecule has 0 radical (unpaired) electrons. The zero-order valence-corrected chi connectivity index (χ0v) is 13.4. The van der Waals surface area contributed by atoms with Crippen molar-refractivity contribution in [3.05, 3.63) is 75.8 Å². The molecule has 0 saturated carbocycles. The number of amides is 1. The summed E-state index contributed by atoms with van der Waals surface area (Å²) in [6, 6.07) is 15.0. The number of nitro benzene ring substituents is 1. The number of aromatic nitrogens is 2. The molecule has 0 atom stereocenters. The van der Waals surface area contributed by atoms with Crippen LogP contribution in [0.1, 0.15) is 15.9 Å². The van der Waals surface area contributed by atoms with E-state index in [0.29, 0.717) is 5.69 Å². The number of primary amides is 1. The Morgan fingerprint density at radius 2 is 1.88 bits per heavy atom. The summed E-state index contributed by atoms with van der Waals surface area (Å²) >= 11 is 0. The molecule has 9 nitrogen and oxygen atoms in total. The first-order valence-electron chi connectivity index (χ1n) is 7.53. The Morgan fingerprint density at radius 3 is 2.50 bits per heavy atom. The van der Waals surface area contributed by atoms with Gasteiger partial charge in [0.25, 0.3) is 11.6 Å². The van der Waals surface area contributed by atoms with Gasteiger partial charge >= 0.3 is 0 Å². The molecule has 9 heteroatoms. The number of rotatable bonds is 6. The molecular weight excluding hydrogens is 336 g/mol. The predicted octanol–water partition coefficient (Wildman–Crippen LogP) is 2.91. The summed E-state index contributed by atoms with van der Waals surface area (Å²) in [6.07, 6.45) is 1.58. The van der Waals surface area contributed by atoms with Crippen molar-refractivity contribution < 1.29 is 9.72 Å². The quantitative estimate of drug-likeness (QED) is 0.356. The van der Waals surface area contributed by atoms with Gasteiger partial charge in [-0.3, -0.25) is 20.0 Å². The van der Waals surface area contributed by atoms with Gasteiger partial charge in [0, 0.05) is 24.0 Å². The average Bonchev–Trinajstić information content (AvgIpc) is 3.04. The number of anilines is 2. The van der Waals surface area contributed by atoms with Gasteiger partial charge in [0.2, 0.25) is 0 Å². The van der Waals surface area contributed by atoms with Crippen molar-refractivity contribution in [1.82, 2.24) is 10.2 Å². The SMILES string of the molecule is NC(=O)c1c(Nc2ccc([N+](=O)[O-])cc2)n[nH]c1/N=C/c1ccccc1. The number of aromatic amines is 1. The Morgan fingerprint density at radius 1 is 1.19 bits per heavy atom. The molecule has 1 heterocycles. The van der Waals surface area contributed by atoms with Crippen LogP contribution in [0.4, 0.5) is 23.0 Å². The fraction of sp³-hybridized carbons (Fsp3) is 0. The molecule has 0 unspecified atom stereocenters. The molecule has 3 rings (SSSR count). The number of hydrogen-bond donors (Lipinski definition) is 3. The molecule has 1 amide bonds. The topological polar surface area (TPSA) is 139 Å². The minimum absolute atomic E-state index is 0.0409.